The lowest BCUT2D eigenvalue weighted by Gasteiger charge is -2.06. The smallest absolute Gasteiger partial charge is 0.229 e. The van der Waals surface area contributed by atoms with Crippen molar-refractivity contribution in [3.8, 4) is 6.07 Å². The highest BCUT2D eigenvalue weighted by Gasteiger charge is 2.18. The van der Waals surface area contributed by atoms with Crippen molar-refractivity contribution < 1.29 is 18.0 Å². The van der Waals surface area contributed by atoms with Crippen molar-refractivity contribution in [1.29, 1.82) is 5.26 Å². The molecule has 106 valence electrons. The van der Waals surface area contributed by atoms with Gasteiger partial charge in [-0.05, 0) is 31.2 Å². The summed E-state index contributed by atoms with van der Waals surface area (Å²) in [6, 6.07) is 7.58. The van der Waals surface area contributed by atoms with Crippen molar-refractivity contribution >= 4 is 27.3 Å². The molecule has 1 aromatic rings. The molecule has 6 nitrogen and oxygen atoms in total. The summed E-state index contributed by atoms with van der Waals surface area (Å²) in [5, 5.41) is 8.76. The highest BCUT2D eigenvalue weighted by Crippen LogP contribution is 2.15. The molecule has 0 heterocycles. The molecular formula is C13H14N2O4S. The summed E-state index contributed by atoms with van der Waals surface area (Å²) in [4.78, 5) is 23.0. The zero-order chi connectivity index (χ0) is 15.3. The molecule has 1 rings (SSSR count). The Morgan fingerprint density at radius 1 is 1.30 bits per heavy atom. The number of carbonyl (C=O) groups excluding carboxylic acids is 2. The molecule has 0 amide bonds. The van der Waals surface area contributed by atoms with Crippen molar-refractivity contribution in [2.45, 2.75) is 13.3 Å². The summed E-state index contributed by atoms with van der Waals surface area (Å²) < 4.78 is 24.3. The lowest BCUT2D eigenvalue weighted by Crippen LogP contribution is -2.14. The largest absolute Gasteiger partial charge is 0.299 e. The summed E-state index contributed by atoms with van der Waals surface area (Å²) in [6.45, 7) is 1.26. The van der Waals surface area contributed by atoms with Gasteiger partial charge in [-0.1, -0.05) is 0 Å². The standard InChI is InChI=1S/C13H14N2O4S/c1-9(16)11(8-14)7-13(17)10-3-5-12(6-4-10)15-20(2,18)19/h3-6,11,15H,7H2,1-2H3. The molecule has 0 aliphatic heterocycles. The minimum atomic E-state index is -3.37. The van der Waals surface area contributed by atoms with Gasteiger partial charge in [0.25, 0.3) is 0 Å². The second kappa shape index (κ2) is 6.30. The van der Waals surface area contributed by atoms with Crippen LogP contribution in [0.4, 0.5) is 5.69 Å². The van der Waals surface area contributed by atoms with Gasteiger partial charge in [0.15, 0.2) is 5.78 Å². The Bertz CT molecular complexity index is 657. The quantitative estimate of drug-likeness (QED) is 0.798. The van der Waals surface area contributed by atoms with Gasteiger partial charge in [0.05, 0.1) is 12.3 Å². The van der Waals surface area contributed by atoms with Gasteiger partial charge < -0.3 is 0 Å². The number of benzene rings is 1. The molecule has 0 radical (unpaired) electrons. The zero-order valence-electron chi connectivity index (χ0n) is 11.1. The van der Waals surface area contributed by atoms with E-state index in [4.69, 9.17) is 5.26 Å². The van der Waals surface area contributed by atoms with Crippen LogP contribution in [0.3, 0.4) is 0 Å². The minimum absolute atomic E-state index is 0.176. The van der Waals surface area contributed by atoms with Crippen LogP contribution in [0.1, 0.15) is 23.7 Å². The molecule has 0 aromatic heterocycles. The van der Waals surface area contributed by atoms with E-state index >= 15 is 0 Å². The van der Waals surface area contributed by atoms with Gasteiger partial charge in [-0.2, -0.15) is 5.26 Å². The van der Waals surface area contributed by atoms with E-state index in [1.807, 2.05) is 0 Å². The third kappa shape index (κ3) is 4.82. The summed E-state index contributed by atoms with van der Waals surface area (Å²) in [7, 11) is -3.37. The summed E-state index contributed by atoms with van der Waals surface area (Å²) in [5.41, 5.74) is 0.665. The number of hydrogen-bond acceptors (Lipinski definition) is 5. The Morgan fingerprint density at radius 2 is 1.85 bits per heavy atom. The number of hydrogen-bond donors (Lipinski definition) is 1. The predicted molar refractivity (Wildman–Crippen MR) is 73.6 cm³/mol. The van der Waals surface area contributed by atoms with Crippen LogP contribution in [0.15, 0.2) is 24.3 Å². The fourth-order valence-electron chi connectivity index (χ4n) is 1.52. The lowest BCUT2D eigenvalue weighted by atomic mass is 9.96. The van der Waals surface area contributed by atoms with E-state index in [2.05, 4.69) is 4.72 Å². The van der Waals surface area contributed by atoms with Gasteiger partial charge in [0.1, 0.15) is 11.7 Å². The van der Waals surface area contributed by atoms with E-state index in [0.29, 0.717) is 11.3 Å². The Balaban J connectivity index is 2.81. The molecule has 0 spiro atoms. The summed E-state index contributed by atoms with van der Waals surface area (Å²) in [6.07, 6.45) is 0.848. The highest BCUT2D eigenvalue weighted by atomic mass is 32.2. The van der Waals surface area contributed by atoms with Crippen LogP contribution in [0.2, 0.25) is 0 Å². The summed E-state index contributed by atoms with van der Waals surface area (Å²) in [5.74, 6) is -1.63. The average molecular weight is 294 g/mol. The van der Waals surface area contributed by atoms with Gasteiger partial charge in [-0.3, -0.25) is 14.3 Å². The maximum atomic E-state index is 11.9. The van der Waals surface area contributed by atoms with Crippen molar-refractivity contribution in [2.75, 3.05) is 11.0 Å². The van der Waals surface area contributed by atoms with Crippen LogP contribution in [-0.2, 0) is 14.8 Å². The second-order valence-corrected chi connectivity index (χ2v) is 6.12. The monoisotopic (exact) mass is 294 g/mol. The molecule has 1 atom stereocenters. The SMILES string of the molecule is CC(=O)C(C#N)CC(=O)c1ccc(NS(C)(=O)=O)cc1. The van der Waals surface area contributed by atoms with Crippen LogP contribution in [0, 0.1) is 17.2 Å². The highest BCUT2D eigenvalue weighted by molar-refractivity contribution is 7.92. The van der Waals surface area contributed by atoms with Gasteiger partial charge in [0, 0.05) is 17.7 Å². The first-order valence-corrected chi connectivity index (χ1v) is 7.63. The Morgan fingerprint density at radius 3 is 2.25 bits per heavy atom. The van der Waals surface area contributed by atoms with E-state index in [0.717, 1.165) is 6.26 Å². The predicted octanol–water partition coefficient (Wildman–Crippen LogP) is 1.36. The molecule has 0 saturated carbocycles. The summed E-state index contributed by atoms with van der Waals surface area (Å²) >= 11 is 0. The minimum Gasteiger partial charge on any atom is -0.299 e. The normalized spacial score (nSPS) is 12.2. The molecule has 1 unspecified atom stereocenters. The van der Waals surface area contributed by atoms with Gasteiger partial charge in [-0.25, -0.2) is 8.42 Å². The van der Waals surface area contributed by atoms with Gasteiger partial charge in [-0.15, -0.1) is 0 Å². The number of nitrogens with zero attached hydrogens (tertiary/aromatic N) is 1. The van der Waals surface area contributed by atoms with Gasteiger partial charge in [0.2, 0.25) is 10.0 Å². The maximum Gasteiger partial charge on any atom is 0.229 e. The van der Waals surface area contributed by atoms with Crippen LogP contribution < -0.4 is 4.72 Å². The third-order valence-corrected chi connectivity index (χ3v) is 3.15. The Kier molecular flexibility index (Phi) is 5.00. The van der Waals surface area contributed by atoms with Crippen molar-refractivity contribution in [3.05, 3.63) is 29.8 Å². The number of ketones is 2. The van der Waals surface area contributed by atoms with E-state index < -0.39 is 15.9 Å². The fourth-order valence-corrected chi connectivity index (χ4v) is 2.09. The van der Waals surface area contributed by atoms with E-state index in [1.165, 1.54) is 31.2 Å². The number of rotatable bonds is 6. The molecule has 1 aromatic carbocycles. The molecule has 0 aliphatic rings. The number of nitrogens with one attached hydrogen (secondary N) is 1. The first-order chi connectivity index (χ1) is 9.23. The van der Waals surface area contributed by atoms with Crippen molar-refractivity contribution in [3.63, 3.8) is 0 Å². The van der Waals surface area contributed by atoms with E-state index in [-0.39, 0.29) is 18.0 Å². The van der Waals surface area contributed by atoms with Crippen molar-refractivity contribution in [2.24, 2.45) is 5.92 Å². The van der Waals surface area contributed by atoms with Gasteiger partial charge >= 0.3 is 0 Å². The number of Topliss-reactive ketones (excluding diaryl/α,β-unsaturated/α-hetero) is 2. The molecule has 1 N–H and O–H groups in total. The average Bonchev–Trinajstić information content (AvgIpc) is 2.34. The number of carbonyl (C=O) groups is 2. The molecule has 7 heteroatoms. The van der Waals surface area contributed by atoms with Crippen molar-refractivity contribution in [1.82, 2.24) is 0 Å². The lowest BCUT2D eigenvalue weighted by molar-refractivity contribution is -0.119. The topological polar surface area (TPSA) is 104 Å². The maximum absolute atomic E-state index is 11.9. The number of anilines is 1. The first-order valence-electron chi connectivity index (χ1n) is 5.74. The molecular weight excluding hydrogens is 280 g/mol. The van der Waals surface area contributed by atoms with Crippen LogP contribution in [-0.4, -0.2) is 26.2 Å². The van der Waals surface area contributed by atoms with Crippen LogP contribution >= 0.6 is 0 Å². The number of sulfonamides is 1. The van der Waals surface area contributed by atoms with E-state index in [1.54, 1.807) is 6.07 Å². The third-order valence-electron chi connectivity index (χ3n) is 2.55. The first kappa shape index (κ1) is 15.9. The van der Waals surface area contributed by atoms with E-state index in [9.17, 15) is 18.0 Å². The second-order valence-electron chi connectivity index (χ2n) is 4.37. The molecule has 0 bridgehead atoms. The Labute approximate surface area is 117 Å². The molecule has 0 aliphatic carbocycles. The van der Waals surface area contributed by atoms with Crippen LogP contribution in [0.25, 0.3) is 0 Å². The molecule has 0 saturated heterocycles. The zero-order valence-corrected chi connectivity index (χ0v) is 11.9. The fraction of sp³-hybridized carbons (Fsp3) is 0.308. The number of nitriles is 1. The van der Waals surface area contributed by atoms with Crippen LogP contribution in [0.5, 0.6) is 0 Å². The molecule has 20 heavy (non-hydrogen) atoms. The Hall–Kier alpha value is -2.20. The molecule has 0 fully saturated rings.